The molecule has 0 atom stereocenters. The van der Waals surface area contributed by atoms with Gasteiger partial charge in [-0.2, -0.15) is 0 Å². The molecule has 25 heavy (non-hydrogen) atoms. The maximum Gasteiger partial charge on any atom is 0.0715 e. The minimum atomic E-state index is 0.687. The number of aromatic nitrogens is 1. The van der Waals surface area contributed by atoms with E-state index in [4.69, 9.17) is 4.98 Å². The van der Waals surface area contributed by atoms with Gasteiger partial charge in [0.1, 0.15) is 0 Å². The van der Waals surface area contributed by atoms with Crippen LogP contribution in [0.25, 0.3) is 22.2 Å². The average molecular weight is 329 g/mol. The Morgan fingerprint density at radius 2 is 1.64 bits per heavy atom. The SMILES string of the molecule is Cc1cc(C)c(C)c(-c2cc(C3CCCCC3)c3ccccc3n2)c1. The van der Waals surface area contributed by atoms with Crippen LogP contribution in [0.3, 0.4) is 0 Å². The summed E-state index contributed by atoms with van der Waals surface area (Å²) in [7, 11) is 0. The first-order valence-corrected chi connectivity index (χ1v) is 9.61. The van der Waals surface area contributed by atoms with Gasteiger partial charge in [-0.1, -0.05) is 49.1 Å². The molecule has 1 aliphatic rings. The smallest absolute Gasteiger partial charge is 0.0715 e. The molecule has 1 aliphatic carbocycles. The quantitative estimate of drug-likeness (QED) is 0.499. The number of aryl methyl sites for hydroxylation is 2. The molecule has 1 nitrogen and oxygen atoms in total. The summed E-state index contributed by atoms with van der Waals surface area (Å²) < 4.78 is 0. The van der Waals surface area contributed by atoms with E-state index in [9.17, 15) is 0 Å². The van der Waals surface area contributed by atoms with E-state index in [2.05, 4.69) is 63.2 Å². The molecule has 1 heteroatoms. The maximum absolute atomic E-state index is 5.04. The van der Waals surface area contributed by atoms with E-state index >= 15 is 0 Å². The van der Waals surface area contributed by atoms with Crippen LogP contribution in [0, 0.1) is 20.8 Å². The van der Waals surface area contributed by atoms with Crippen molar-refractivity contribution in [3.63, 3.8) is 0 Å². The van der Waals surface area contributed by atoms with Crippen LogP contribution < -0.4 is 0 Å². The monoisotopic (exact) mass is 329 g/mol. The molecule has 0 bridgehead atoms. The number of rotatable bonds is 2. The number of nitrogens with zero attached hydrogens (tertiary/aromatic N) is 1. The third-order valence-electron chi connectivity index (χ3n) is 5.88. The molecule has 128 valence electrons. The maximum atomic E-state index is 5.04. The zero-order valence-corrected chi connectivity index (χ0v) is 15.6. The zero-order chi connectivity index (χ0) is 17.4. The van der Waals surface area contributed by atoms with E-state index in [1.807, 2.05) is 0 Å². The second kappa shape index (κ2) is 6.63. The highest BCUT2D eigenvalue weighted by atomic mass is 14.7. The Balaban J connectivity index is 1.94. The Morgan fingerprint density at radius 3 is 2.44 bits per heavy atom. The first-order chi connectivity index (χ1) is 12.1. The third-order valence-corrected chi connectivity index (χ3v) is 5.88. The van der Waals surface area contributed by atoms with Gasteiger partial charge in [0.05, 0.1) is 11.2 Å². The largest absolute Gasteiger partial charge is 0.248 e. The highest BCUT2D eigenvalue weighted by molar-refractivity contribution is 5.86. The molecule has 1 aromatic heterocycles. The molecular formula is C24H27N. The molecule has 0 saturated heterocycles. The molecule has 0 amide bonds. The Bertz CT molecular complexity index is 917. The van der Waals surface area contributed by atoms with Crippen LogP contribution >= 0.6 is 0 Å². The molecule has 0 aliphatic heterocycles. The summed E-state index contributed by atoms with van der Waals surface area (Å²) in [6.45, 7) is 6.61. The first-order valence-electron chi connectivity index (χ1n) is 9.61. The van der Waals surface area contributed by atoms with E-state index in [-0.39, 0.29) is 0 Å². The van der Waals surface area contributed by atoms with Crippen molar-refractivity contribution in [2.75, 3.05) is 0 Å². The molecule has 1 fully saturated rings. The standard InChI is InChI=1S/C24H27N/c1-16-13-17(2)18(3)21(14-16)24-15-22(19-9-5-4-6-10-19)20-11-7-8-12-23(20)25-24/h7-8,11-15,19H,4-6,9-10H2,1-3H3. The van der Waals surface area contributed by atoms with Gasteiger partial charge < -0.3 is 0 Å². The van der Waals surface area contributed by atoms with Gasteiger partial charge in [-0.05, 0) is 74.4 Å². The van der Waals surface area contributed by atoms with Crippen molar-refractivity contribution in [2.24, 2.45) is 0 Å². The molecule has 1 heterocycles. The lowest BCUT2D eigenvalue weighted by Crippen LogP contribution is -2.06. The molecule has 2 aromatic carbocycles. The lowest BCUT2D eigenvalue weighted by Gasteiger charge is -2.24. The van der Waals surface area contributed by atoms with Crippen LogP contribution in [0.1, 0.15) is 60.3 Å². The van der Waals surface area contributed by atoms with Gasteiger partial charge in [-0.25, -0.2) is 4.98 Å². The van der Waals surface area contributed by atoms with Crippen LogP contribution in [0.5, 0.6) is 0 Å². The van der Waals surface area contributed by atoms with Crippen molar-refractivity contribution < 1.29 is 0 Å². The number of hydrogen-bond donors (Lipinski definition) is 0. The minimum Gasteiger partial charge on any atom is -0.248 e. The molecular weight excluding hydrogens is 302 g/mol. The van der Waals surface area contributed by atoms with Gasteiger partial charge in [0, 0.05) is 10.9 Å². The van der Waals surface area contributed by atoms with Crippen LogP contribution in [0.4, 0.5) is 0 Å². The topological polar surface area (TPSA) is 12.9 Å². The number of benzene rings is 2. The van der Waals surface area contributed by atoms with Gasteiger partial charge >= 0.3 is 0 Å². The molecule has 0 spiro atoms. The van der Waals surface area contributed by atoms with Gasteiger partial charge in [0.25, 0.3) is 0 Å². The van der Waals surface area contributed by atoms with E-state index in [0.717, 1.165) is 11.2 Å². The minimum absolute atomic E-state index is 0.687. The van der Waals surface area contributed by atoms with Crippen molar-refractivity contribution in [1.82, 2.24) is 4.98 Å². The highest BCUT2D eigenvalue weighted by Crippen LogP contribution is 2.38. The summed E-state index contributed by atoms with van der Waals surface area (Å²) in [6.07, 6.45) is 6.75. The lowest BCUT2D eigenvalue weighted by molar-refractivity contribution is 0.445. The van der Waals surface area contributed by atoms with E-state index in [1.54, 1.807) is 0 Å². The summed E-state index contributed by atoms with van der Waals surface area (Å²) >= 11 is 0. The fourth-order valence-electron chi connectivity index (χ4n) is 4.40. The van der Waals surface area contributed by atoms with E-state index in [1.165, 1.54) is 65.3 Å². The summed E-state index contributed by atoms with van der Waals surface area (Å²) in [5.74, 6) is 0.687. The van der Waals surface area contributed by atoms with Gasteiger partial charge in [-0.3, -0.25) is 0 Å². The Hall–Kier alpha value is -2.15. The molecule has 0 radical (unpaired) electrons. The Kier molecular flexibility index (Phi) is 4.33. The Labute approximate surface area is 151 Å². The lowest BCUT2D eigenvalue weighted by atomic mass is 9.82. The van der Waals surface area contributed by atoms with Crippen LogP contribution in [-0.4, -0.2) is 4.98 Å². The van der Waals surface area contributed by atoms with Crippen molar-refractivity contribution in [1.29, 1.82) is 0 Å². The molecule has 0 unspecified atom stereocenters. The van der Waals surface area contributed by atoms with Gasteiger partial charge in [0.2, 0.25) is 0 Å². The van der Waals surface area contributed by atoms with Crippen molar-refractivity contribution in [3.8, 4) is 11.3 Å². The number of hydrogen-bond acceptors (Lipinski definition) is 1. The molecule has 1 saturated carbocycles. The molecule has 4 rings (SSSR count). The number of fused-ring (bicyclic) bond motifs is 1. The number of pyridine rings is 1. The third kappa shape index (κ3) is 3.08. The van der Waals surface area contributed by atoms with Crippen molar-refractivity contribution >= 4 is 10.9 Å². The zero-order valence-electron chi connectivity index (χ0n) is 15.6. The summed E-state index contributed by atoms with van der Waals surface area (Å²) in [5.41, 5.74) is 9.10. The predicted octanol–water partition coefficient (Wildman–Crippen LogP) is 6.87. The van der Waals surface area contributed by atoms with Crippen LogP contribution in [0.2, 0.25) is 0 Å². The summed E-state index contributed by atoms with van der Waals surface area (Å²) in [5, 5.41) is 1.35. The summed E-state index contributed by atoms with van der Waals surface area (Å²) in [4.78, 5) is 5.04. The van der Waals surface area contributed by atoms with Crippen molar-refractivity contribution in [3.05, 3.63) is 64.7 Å². The fraction of sp³-hybridized carbons (Fsp3) is 0.375. The fourth-order valence-corrected chi connectivity index (χ4v) is 4.40. The van der Waals surface area contributed by atoms with Gasteiger partial charge in [-0.15, -0.1) is 0 Å². The molecule has 0 N–H and O–H groups in total. The first kappa shape index (κ1) is 16.3. The van der Waals surface area contributed by atoms with Gasteiger partial charge in [0.15, 0.2) is 0 Å². The van der Waals surface area contributed by atoms with E-state index in [0.29, 0.717) is 5.92 Å². The van der Waals surface area contributed by atoms with Crippen LogP contribution in [-0.2, 0) is 0 Å². The second-order valence-electron chi connectivity index (χ2n) is 7.70. The highest BCUT2D eigenvalue weighted by Gasteiger charge is 2.20. The Morgan fingerprint density at radius 1 is 0.880 bits per heavy atom. The molecule has 3 aromatic rings. The van der Waals surface area contributed by atoms with Crippen molar-refractivity contribution in [2.45, 2.75) is 58.8 Å². The number of para-hydroxylation sites is 1. The van der Waals surface area contributed by atoms with E-state index < -0.39 is 0 Å². The predicted molar refractivity (Wildman–Crippen MR) is 107 cm³/mol. The van der Waals surface area contributed by atoms with Crippen LogP contribution in [0.15, 0.2) is 42.5 Å². The second-order valence-corrected chi connectivity index (χ2v) is 7.70. The average Bonchev–Trinajstić information content (AvgIpc) is 2.64. The summed E-state index contributed by atoms with van der Waals surface area (Å²) in [6, 6.07) is 15.6. The normalized spacial score (nSPS) is 15.6.